The van der Waals surface area contributed by atoms with E-state index < -0.39 is 10.0 Å². The standard InChI is InChI=1S/C21H19ClN2O3S/c1-15-19(21(25)23-14-16-10-12-17(22)13-11-16)8-5-9-20(15)24-28(26,27)18-6-3-2-4-7-18/h2-13,24H,14H2,1H3,(H,23,25). The minimum Gasteiger partial charge on any atom is -0.348 e. The lowest BCUT2D eigenvalue weighted by Crippen LogP contribution is -2.24. The molecule has 0 aliphatic rings. The Labute approximate surface area is 169 Å². The first-order chi connectivity index (χ1) is 13.4. The number of nitrogens with one attached hydrogen (secondary N) is 2. The molecule has 28 heavy (non-hydrogen) atoms. The van der Waals surface area contributed by atoms with Gasteiger partial charge in [-0.05, 0) is 54.4 Å². The second-order valence-electron chi connectivity index (χ2n) is 6.21. The van der Waals surface area contributed by atoms with Gasteiger partial charge in [0.25, 0.3) is 15.9 Å². The summed E-state index contributed by atoms with van der Waals surface area (Å²) in [5.41, 5.74) is 2.23. The van der Waals surface area contributed by atoms with E-state index in [9.17, 15) is 13.2 Å². The molecule has 0 bridgehead atoms. The predicted octanol–water partition coefficient (Wildman–Crippen LogP) is 4.38. The molecular weight excluding hydrogens is 396 g/mol. The monoisotopic (exact) mass is 414 g/mol. The van der Waals surface area contributed by atoms with Crippen molar-refractivity contribution in [3.05, 3.63) is 94.5 Å². The summed E-state index contributed by atoms with van der Waals surface area (Å²) in [6.07, 6.45) is 0. The first kappa shape index (κ1) is 19.9. The minimum absolute atomic E-state index is 0.159. The topological polar surface area (TPSA) is 75.3 Å². The fraction of sp³-hybridized carbons (Fsp3) is 0.0952. The zero-order chi connectivity index (χ0) is 20.1. The normalized spacial score (nSPS) is 11.1. The van der Waals surface area contributed by atoms with Crippen molar-refractivity contribution in [3.63, 3.8) is 0 Å². The Hall–Kier alpha value is -2.83. The molecule has 0 saturated heterocycles. The summed E-state index contributed by atoms with van der Waals surface area (Å²) < 4.78 is 27.7. The van der Waals surface area contributed by atoms with E-state index in [-0.39, 0.29) is 10.8 Å². The Bertz CT molecular complexity index is 1080. The first-order valence-electron chi connectivity index (χ1n) is 8.57. The molecule has 0 aliphatic heterocycles. The molecule has 3 aromatic rings. The summed E-state index contributed by atoms with van der Waals surface area (Å²) in [4.78, 5) is 12.7. The zero-order valence-electron chi connectivity index (χ0n) is 15.1. The van der Waals surface area contributed by atoms with Crippen LogP contribution in [0.15, 0.2) is 77.7 Å². The summed E-state index contributed by atoms with van der Waals surface area (Å²) in [5, 5.41) is 3.47. The molecule has 144 valence electrons. The number of hydrogen-bond donors (Lipinski definition) is 2. The molecule has 2 N–H and O–H groups in total. The molecule has 0 atom stereocenters. The van der Waals surface area contributed by atoms with Gasteiger partial charge in [-0.3, -0.25) is 9.52 Å². The molecular formula is C21H19ClN2O3S. The molecule has 0 radical (unpaired) electrons. The lowest BCUT2D eigenvalue weighted by molar-refractivity contribution is 0.0950. The summed E-state index contributed by atoms with van der Waals surface area (Å²) in [6.45, 7) is 2.05. The number of hydrogen-bond acceptors (Lipinski definition) is 3. The molecule has 7 heteroatoms. The van der Waals surface area contributed by atoms with Crippen LogP contribution >= 0.6 is 11.6 Å². The van der Waals surface area contributed by atoms with Crippen LogP contribution in [-0.2, 0) is 16.6 Å². The van der Waals surface area contributed by atoms with E-state index >= 15 is 0 Å². The number of amides is 1. The third-order valence-corrected chi connectivity index (χ3v) is 5.88. The van der Waals surface area contributed by atoms with Gasteiger partial charge in [0.15, 0.2) is 0 Å². The second-order valence-corrected chi connectivity index (χ2v) is 8.32. The summed E-state index contributed by atoms with van der Waals surface area (Å²) >= 11 is 5.86. The Kier molecular flexibility index (Phi) is 6.02. The molecule has 3 aromatic carbocycles. The fourth-order valence-corrected chi connectivity index (χ4v) is 3.95. The molecule has 0 saturated carbocycles. The third kappa shape index (κ3) is 4.71. The fourth-order valence-electron chi connectivity index (χ4n) is 2.68. The van der Waals surface area contributed by atoms with Gasteiger partial charge in [-0.15, -0.1) is 0 Å². The molecule has 0 aliphatic carbocycles. The highest BCUT2D eigenvalue weighted by Gasteiger charge is 2.17. The quantitative estimate of drug-likeness (QED) is 0.628. The van der Waals surface area contributed by atoms with Crippen LogP contribution in [0.25, 0.3) is 0 Å². The van der Waals surface area contributed by atoms with Crippen LogP contribution in [0.4, 0.5) is 5.69 Å². The van der Waals surface area contributed by atoms with Gasteiger partial charge >= 0.3 is 0 Å². The molecule has 1 amide bonds. The van der Waals surface area contributed by atoms with Crippen LogP contribution in [0, 0.1) is 6.92 Å². The van der Waals surface area contributed by atoms with Crippen molar-refractivity contribution in [1.82, 2.24) is 5.32 Å². The molecule has 3 rings (SSSR count). The molecule has 0 heterocycles. The first-order valence-corrected chi connectivity index (χ1v) is 10.4. The maximum absolute atomic E-state index is 12.6. The predicted molar refractivity (Wildman–Crippen MR) is 111 cm³/mol. The van der Waals surface area contributed by atoms with Crippen molar-refractivity contribution in [2.75, 3.05) is 4.72 Å². The van der Waals surface area contributed by atoms with Crippen molar-refractivity contribution in [2.45, 2.75) is 18.4 Å². The van der Waals surface area contributed by atoms with Gasteiger partial charge in [-0.25, -0.2) is 8.42 Å². The molecule has 5 nitrogen and oxygen atoms in total. The second kappa shape index (κ2) is 8.46. The van der Waals surface area contributed by atoms with Crippen molar-refractivity contribution in [3.8, 4) is 0 Å². The van der Waals surface area contributed by atoms with Crippen molar-refractivity contribution >= 4 is 33.2 Å². The van der Waals surface area contributed by atoms with Crippen LogP contribution in [0.1, 0.15) is 21.5 Å². The third-order valence-electron chi connectivity index (χ3n) is 4.24. The Morgan fingerprint density at radius 1 is 0.929 bits per heavy atom. The average molecular weight is 415 g/mol. The van der Waals surface area contributed by atoms with E-state index in [1.165, 1.54) is 12.1 Å². The van der Waals surface area contributed by atoms with E-state index in [1.807, 2.05) is 12.1 Å². The molecule has 0 fully saturated rings. The number of rotatable bonds is 6. The van der Waals surface area contributed by atoms with Crippen LogP contribution in [-0.4, -0.2) is 14.3 Å². The molecule has 0 unspecified atom stereocenters. The molecule has 0 aromatic heterocycles. The molecule has 0 spiro atoms. The van der Waals surface area contributed by atoms with E-state index in [4.69, 9.17) is 11.6 Å². The summed E-state index contributed by atoms with van der Waals surface area (Å²) in [7, 11) is -3.73. The lowest BCUT2D eigenvalue weighted by Gasteiger charge is -2.14. The maximum Gasteiger partial charge on any atom is 0.261 e. The van der Waals surface area contributed by atoms with E-state index in [0.717, 1.165) is 5.56 Å². The maximum atomic E-state index is 12.6. The number of benzene rings is 3. The van der Waals surface area contributed by atoms with E-state index in [2.05, 4.69) is 10.0 Å². The highest BCUT2D eigenvalue weighted by atomic mass is 35.5. The van der Waals surface area contributed by atoms with Gasteiger partial charge in [-0.2, -0.15) is 0 Å². The summed E-state index contributed by atoms with van der Waals surface area (Å²) in [5.74, 6) is -0.284. The number of carbonyl (C=O) groups is 1. The van der Waals surface area contributed by atoms with E-state index in [1.54, 1.807) is 55.5 Å². The van der Waals surface area contributed by atoms with Gasteiger partial charge in [0.05, 0.1) is 10.6 Å². The van der Waals surface area contributed by atoms with Gasteiger partial charge in [0, 0.05) is 17.1 Å². The van der Waals surface area contributed by atoms with Crippen LogP contribution in [0.3, 0.4) is 0 Å². The summed E-state index contributed by atoms with van der Waals surface area (Å²) in [6, 6.07) is 20.2. The zero-order valence-corrected chi connectivity index (χ0v) is 16.7. The average Bonchev–Trinajstić information content (AvgIpc) is 2.69. The highest BCUT2D eigenvalue weighted by molar-refractivity contribution is 7.92. The van der Waals surface area contributed by atoms with Gasteiger partial charge in [-0.1, -0.05) is 48.0 Å². The van der Waals surface area contributed by atoms with Crippen LogP contribution < -0.4 is 10.0 Å². The van der Waals surface area contributed by atoms with Crippen molar-refractivity contribution < 1.29 is 13.2 Å². The van der Waals surface area contributed by atoms with E-state index in [0.29, 0.717) is 28.4 Å². The van der Waals surface area contributed by atoms with Crippen molar-refractivity contribution in [1.29, 1.82) is 0 Å². The van der Waals surface area contributed by atoms with Gasteiger partial charge < -0.3 is 5.32 Å². The smallest absolute Gasteiger partial charge is 0.261 e. The highest BCUT2D eigenvalue weighted by Crippen LogP contribution is 2.22. The largest absolute Gasteiger partial charge is 0.348 e. The number of anilines is 1. The number of carbonyl (C=O) groups excluding carboxylic acids is 1. The number of sulfonamides is 1. The van der Waals surface area contributed by atoms with Crippen LogP contribution in [0.5, 0.6) is 0 Å². The number of halogens is 1. The Morgan fingerprint density at radius 3 is 2.29 bits per heavy atom. The van der Waals surface area contributed by atoms with Crippen molar-refractivity contribution in [2.24, 2.45) is 0 Å². The van der Waals surface area contributed by atoms with Gasteiger partial charge in [0.2, 0.25) is 0 Å². The lowest BCUT2D eigenvalue weighted by atomic mass is 10.1. The van der Waals surface area contributed by atoms with Gasteiger partial charge in [0.1, 0.15) is 0 Å². The Morgan fingerprint density at radius 2 is 1.61 bits per heavy atom. The van der Waals surface area contributed by atoms with Crippen LogP contribution in [0.2, 0.25) is 5.02 Å². The minimum atomic E-state index is -3.73. The Balaban J connectivity index is 1.77. The SMILES string of the molecule is Cc1c(NS(=O)(=O)c2ccccc2)cccc1C(=O)NCc1ccc(Cl)cc1.